The Morgan fingerprint density at radius 2 is 1.94 bits per heavy atom. The van der Waals surface area contributed by atoms with Gasteiger partial charge in [0.05, 0.1) is 26.3 Å². The van der Waals surface area contributed by atoms with Crippen molar-refractivity contribution in [3.63, 3.8) is 0 Å². The van der Waals surface area contributed by atoms with Gasteiger partial charge in [-0.3, -0.25) is 0 Å². The Bertz CT molecular complexity index is 339. The number of hydrogen-bond acceptors (Lipinski definition) is 2. The van der Waals surface area contributed by atoms with Crippen LogP contribution in [0.3, 0.4) is 0 Å². The highest BCUT2D eigenvalue weighted by Crippen LogP contribution is 2.18. The van der Waals surface area contributed by atoms with Gasteiger partial charge in [0.25, 0.3) is 0 Å². The second kappa shape index (κ2) is 8.95. The molecule has 0 amide bonds. The predicted octanol–water partition coefficient (Wildman–Crippen LogP) is 1.41. The molecule has 3 nitrogen and oxygen atoms in total. The van der Waals surface area contributed by atoms with Gasteiger partial charge in [-0.1, -0.05) is 17.7 Å². The van der Waals surface area contributed by atoms with E-state index in [4.69, 9.17) is 9.84 Å². The highest BCUT2D eigenvalue weighted by Gasteiger charge is 1.99. The van der Waals surface area contributed by atoms with Crippen LogP contribution in [0.5, 0.6) is 5.75 Å². The van der Waals surface area contributed by atoms with Crippen LogP contribution in [0.4, 0.5) is 0 Å². The third-order valence-electron chi connectivity index (χ3n) is 2.97. The SMILES string of the molecule is Cc1ccc(OCCCCC[NH2+]CCO)c(C)c1. The molecule has 0 radical (unpaired) electrons. The van der Waals surface area contributed by atoms with E-state index in [2.05, 4.69) is 37.4 Å². The quantitative estimate of drug-likeness (QED) is 0.653. The van der Waals surface area contributed by atoms with Gasteiger partial charge in [0, 0.05) is 0 Å². The van der Waals surface area contributed by atoms with E-state index in [-0.39, 0.29) is 6.61 Å². The van der Waals surface area contributed by atoms with Crippen molar-refractivity contribution in [1.29, 1.82) is 0 Å². The lowest BCUT2D eigenvalue weighted by Gasteiger charge is -2.09. The number of hydrogen-bond donors (Lipinski definition) is 2. The van der Waals surface area contributed by atoms with E-state index in [1.165, 1.54) is 24.0 Å². The highest BCUT2D eigenvalue weighted by molar-refractivity contribution is 5.35. The summed E-state index contributed by atoms with van der Waals surface area (Å²) < 4.78 is 5.77. The molecule has 1 aromatic rings. The standard InChI is InChI=1S/C15H25NO2/c1-13-6-7-15(14(2)12-13)18-11-5-3-4-8-16-9-10-17/h6-7,12,16-17H,3-5,8-11H2,1-2H3/p+1. The molecule has 0 aromatic heterocycles. The first kappa shape index (κ1) is 15.0. The Labute approximate surface area is 110 Å². The summed E-state index contributed by atoms with van der Waals surface area (Å²) in [7, 11) is 0. The average molecular weight is 252 g/mol. The molecule has 3 heteroatoms. The summed E-state index contributed by atoms with van der Waals surface area (Å²) in [4.78, 5) is 0. The van der Waals surface area contributed by atoms with Gasteiger partial charge in [-0.15, -0.1) is 0 Å². The summed E-state index contributed by atoms with van der Waals surface area (Å²) in [6.45, 7) is 7.18. The van der Waals surface area contributed by atoms with Crippen molar-refractivity contribution >= 4 is 0 Å². The zero-order valence-corrected chi connectivity index (χ0v) is 11.6. The number of nitrogens with two attached hydrogens (primary N) is 1. The molecular weight excluding hydrogens is 226 g/mol. The van der Waals surface area contributed by atoms with Crippen LogP contribution in [-0.2, 0) is 0 Å². The van der Waals surface area contributed by atoms with Crippen molar-refractivity contribution in [1.82, 2.24) is 0 Å². The third kappa shape index (κ3) is 6.03. The molecule has 0 fully saturated rings. The first-order valence-corrected chi connectivity index (χ1v) is 6.86. The van der Waals surface area contributed by atoms with Gasteiger partial charge in [-0.25, -0.2) is 0 Å². The van der Waals surface area contributed by atoms with E-state index in [1.54, 1.807) is 0 Å². The molecule has 0 spiro atoms. The van der Waals surface area contributed by atoms with Crippen molar-refractivity contribution in [3.8, 4) is 5.75 Å². The lowest BCUT2D eigenvalue weighted by molar-refractivity contribution is -0.656. The van der Waals surface area contributed by atoms with Crippen LogP contribution in [0.2, 0.25) is 0 Å². The van der Waals surface area contributed by atoms with E-state index < -0.39 is 0 Å². The number of aliphatic hydroxyl groups is 1. The summed E-state index contributed by atoms with van der Waals surface area (Å²) in [5.41, 5.74) is 2.49. The molecule has 0 aliphatic rings. The van der Waals surface area contributed by atoms with E-state index >= 15 is 0 Å². The van der Waals surface area contributed by atoms with Crippen LogP contribution in [0.25, 0.3) is 0 Å². The fraction of sp³-hybridized carbons (Fsp3) is 0.600. The maximum Gasteiger partial charge on any atom is 0.122 e. The minimum absolute atomic E-state index is 0.274. The van der Waals surface area contributed by atoms with Crippen LogP contribution in [0.1, 0.15) is 30.4 Å². The predicted molar refractivity (Wildman–Crippen MR) is 74.0 cm³/mol. The third-order valence-corrected chi connectivity index (χ3v) is 2.97. The number of aryl methyl sites for hydroxylation is 2. The fourth-order valence-corrected chi connectivity index (χ4v) is 1.95. The van der Waals surface area contributed by atoms with Crippen LogP contribution >= 0.6 is 0 Å². The number of aliphatic hydroxyl groups excluding tert-OH is 1. The fourth-order valence-electron chi connectivity index (χ4n) is 1.95. The van der Waals surface area contributed by atoms with Crippen molar-refractivity contribution in [3.05, 3.63) is 29.3 Å². The minimum atomic E-state index is 0.274. The van der Waals surface area contributed by atoms with Crippen LogP contribution in [0.15, 0.2) is 18.2 Å². The van der Waals surface area contributed by atoms with E-state index in [0.29, 0.717) is 0 Å². The molecule has 3 N–H and O–H groups in total. The Balaban J connectivity index is 2.07. The molecule has 1 rings (SSSR count). The maximum atomic E-state index is 8.63. The molecule has 0 saturated heterocycles. The van der Waals surface area contributed by atoms with Crippen molar-refractivity contribution in [2.75, 3.05) is 26.3 Å². The second-order valence-corrected chi connectivity index (χ2v) is 4.77. The summed E-state index contributed by atoms with van der Waals surface area (Å²) in [6.07, 6.45) is 3.48. The maximum absolute atomic E-state index is 8.63. The van der Waals surface area contributed by atoms with E-state index in [9.17, 15) is 0 Å². The Morgan fingerprint density at radius 1 is 1.11 bits per heavy atom. The second-order valence-electron chi connectivity index (χ2n) is 4.77. The van der Waals surface area contributed by atoms with Gasteiger partial charge >= 0.3 is 0 Å². The number of ether oxygens (including phenoxy) is 1. The van der Waals surface area contributed by atoms with Gasteiger partial charge in [0.2, 0.25) is 0 Å². The summed E-state index contributed by atoms with van der Waals surface area (Å²) in [5.74, 6) is 1.01. The number of quaternary nitrogens is 1. The minimum Gasteiger partial charge on any atom is -0.493 e. The molecule has 0 aliphatic heterocycles. The zero-order chi connectivity index (χ0) is 13.2. The average Bonchev–Trinajstić information content (AvgIpc) is 2.35. The Kier molecular flexibility index (Phi) is 7.46. The van der Waals surface area contributed by atoms with Crippen molar-refractivity contribution in [2.45, 2.75) is 33.1 Å². The van der Waals surface area contributed by atoms with E-state index in [0.717, 1.165) is 31.9 Å². The lowest BCUT2D eigenvalue weighted by atomic mass is 10.1. The zero-order valence-electron chi connectivity index (χ0n) is 11.6. The number of benzene rings is 1. The molecular formula is C15H26NO2+. The molecule has 1 aromatic carbocycles. The lowest BCUT2D eigenvalue weighted by Crippen LogP contribution is -2.85. The number of unbranched alkanes of at least 4 members (excludes halogenated alkanes) is 2. The smallest absolute Gasteiger partial charge is 0.122 e. The Hall–Kier alpha value is -1.06. The normalized spacial score (nSPS) is 10.6. The topological polar surface area (TPSA) is 46.1 Å². The molecule has 0 heterocycles. The molecule has 0 bridgehead atoms. The van der Waals surface area contributed by atoms with E-state index in [1.807, 2.05) is 0 Å². The molecule has 18 heavy (non-hydrogen) atoms. The van der Waals surface area contributed by atoms with Crippen LogP contribution in [0, 0.1) is 13.8 Å². The summed E-state index contributed by atoms with van der Waals surface area (Å²) in [5, 5.41) is 10.8. The highest BCUT2D eigenvalue weighted by atomic mass is 16.5. The van der Waals surface area contributed by atoms with Crippen LogP contribution < -0.4 is 10.1 Å². The Morgan fingerprint density at radius 3 is 2.67 bits per heavy atom. The van der Waals surface area contributed by atoms with Gasteiger partial charge in [-0.2, -0.15) is 0 Å². The largest absolute Gasteiger partial charge is 0.493 e. The van der Waals surface area contributed by atoms with Gasteiger partial charge < -0.3 is 15.2 Å². The summed E-state index contributed by atoms with van der Waals surface area (Å²) in [6, 6.07) is 6.30. The van der Waals surface area contributed by atoms with Crippen molar-refractivity contribution < 1.29 is 15.2 Å². The summed E-state index contributed by atoms with van der Waals surface area (Å²) >= 11 is 0. The monoisotopic (exact) mass is 252 g/mol. The molecule has 0 aliphatic carbocycles. The molecule has 0 atom stereocenters. The van der Waals surface area contributed by atoms with Crippen LogP contribution in [-0.4, -0.2) is 31.4 Å². The van der Waals surface area contributed by atoms with Gasteiger partial charge in [0.15, 0.2) is 0 Å². The molecule has 0 saturated carbocycles. The van der Waals surface area contributed by atoms with Gasteiger partial charge in [-0.05, 0) is 44.7 Å². The molecule has 102 valence electrons. The number of rotatable bonds is 9. The van der Waals surface area contributed by atoms with Gasteiger partial charge in [0.1, 0.15) is 5.75 Å². The molecule has 0 unspecified atom stereocenters. The first-order valence-electron chi connectivity index (χ1n) is 6.86. The first-order chi connectivity index (χ1) is 8.74. The van der Waals surface area contributed by atoms with Crippen molar-refractivity contribution in [2.24, 2.45) is 0 Å².